The van der Waals surface area contributed by atoms with E-state index in [2.05, 4.69) is 20.8 Å². The van der Waals surface area contributed by atoms with Gasteiger partial charge in [0.15, 0.2) is 12.0 Å². The van der Waals surface area contributed by atoms with Gasteiger partial charge in [0.2, 0.25) is 0 Å². The summed E-state index contributed by atoms with van der Waals surface area (Å²) in [6, 6.07) is 13.9. The Labute approximate surface area is 261 Å². The molecule has 0 bridgehead atoms. The topological polar surface area (TPSA) is 74.6 Å². The van der Waals surface area contributed by atoms with Crippen molar-refractivity contribution in [2.75, 3.05) is 29.4 Å². The van der Waals surface area contributed by atoms with Crippen LogP contribution in [0.25, 0.3) is 10.9 Å². The highest BCUT2D eigenvalue weighted by atomic mass is 127. The number of halogens is 1. The van der Waals surface area contributed by atoms with Gasteiger partial charge in [-0.15, -0.1) is 20.7 Å². The van der Waals surface area contributed by atoms with Crippen LogP contribution in [0.1, 0.15) is 66.2 Å². The molecule has 1 saturated carbocycles. The predicted octanol–water partition coefficient (Wildman–Crippen LogP) is 6.74. The number of Topliss-reactive ketones (excluding diaryl/α,β-unsaturated/α-hetero) is 1. The number of rotatable bonds is 8. The summed E-state index contributed by atoms with van der Waals surface area (Å²) in [5, 5.41) is 15.5. The molecule has 3 aliphatic heterocycles. The van der Waals surface area contributed by atoms with Gasteiger partial charge < -0.3 is 19.9 Å². The molecule has 0 spiro atoms. The maximum absolute atomic E-state index is 13.3. The number of fused-ring (bicyclic) bond motifs is 2. The number of thioether (sulfide) groups is 1. The van der Waals surface area contributed by atoms with E-state index in [0.717, 1.165) is 69.9 Å². The van der Waals surface area contributed by atoms with Crippen molar-refractivity contribution < 1.29 is 14.7 Å². The summed E-state index contributed by atoms with van der Waals surface area (Å²) in [5.74, 6) is 2.32. The van der Waals surface area contributed by atoms with Gasteiger partial charge in [-0.2, -0.15) is 0 Å². The van der Waals surface area contributed by atoms with Crippen LogP contribution in [0, 0.1) is 17.8 Å². The summed E-state index contributed by atoms with van der Waals surface area (Å²) in [6.07, 6.45) is 11.0. The van der Waals surface area contributed by atoms with E-state index in [1.165, 1.54) is 37.7 Å². The van der Waals surface area contributed by atoms with Gasteiger partial charge >= 0.3 is 0 Å². The van der Waals surface area contributed by atoms with Gasteiger partial charge in [-0.1, -0.05) is 36.7 Å². The number of nitrogens with one attached hydrogen (secondary N) is 1. The van der Waals surface area contributed by atoms with Crippen LogP contribution in [0.15, 0.2) is 59.6 Å². The molecule has 2 N–H and O–H groups in total. The Hall–Kier alpha value is -2.43. The van der Waals surface area contributed by atoms with Crippen LogP contribution in [-0.4, -0.2) is 53.7 Å². The van der Waals surface area contributed by atoms with Gasteiger partial charge in [-0.05, 0) is 85.4 Å². The van der Waals surface area contributed by atoms with Crippen molar-refractivity contribution >= 4 is 64.1 Å². The van der Waals surface area contributed by atoms with Crippen molar-refractivity contribution in [3.8, 4) is 0 Å². The minimum absolute atomic E-state index is 0.101. The number of anilines is 1. The Balaban J connectivity index is 0.899. The van der Waals surface area contributed by atoms with E-state index < -0.39 is 6.23 Å². The molecule has 3 aromatic rings. The molecule has 220 valence electrons. The van der Waals surface area contributed by atoms with Gasteiger partial charge in [0.1, 0.15) is 0 Å². The predicted molar refractivity (Wildman–Crippen MR) is 181 cm³/mol. The first kappa shape index (κ1) is 28.3. The lowest BCUT2D eigenvalue weighted by Gasteiger charge is -2.42. The number of hydrogen-bond donors (Lipinski definition) is 2. The highest BCUT2D eigenvalue weighted by molar-refractivity contribution is 14.2. The number of aliphatic hydroxyl groups excluding tert-OH is 1. The van der Waals surface area contributed by atoms with Gasteiger partial charge in [-0.25, -0.2) is 0 Å². The third-order valence-corrected chi connectivity index (χ3v) is 13.2. The molecule has 6 nitrogen and oxygen atoms in total. The minimum atomic E-state index is -0.769. The molecular formula is C34H38IN3O3S. The van der Waals surface area contributed by atoms with E-state index in [-0.39, 0.29) is 26.6 Å². The van der Waals surface area contributed by atoms with Crippen molar-refractivity contribution in [3.63, 3.8) is 0 Å². The maximum atomic E-state index is 13.3. The molecule has 42 heavy (non-hydrogen) atoms. The first-order valence-electron chi connectivity index (χ1n) is 15.3. The molecule has 2 fully saturated rings. The van der Waals surface area contributed by atoms with Crippen LogP contribution >= 0.6 is 32.5 Å². The van der Waals surface area contributed by atoms with Crippen molar-refractivity contribution in [2.24, 2.45) is 17.8 Å². The van der Waals surface area contributed by atoms with Gasteiger partial charge in [0.25, 0.3) is 5.91 Å². The SMILES string of the molecule is O=C(CC1CCC(CC2CN(C(=O)c3ccc4c(ccn4C(O)c4ccc5c(c4)CCN5)c3)C2)CC1)C1=CCI=CS1. The van der Waals surface area contributed by atoms with E-state index >= 15 is 0 Å². The monoisotopic (exact) mass is 695 g/mol. The molecule has 0 radical (unpaired) electrons. The number of carbonyl (C=O) groups excluding carboxylic acids is 2. The largest absolute Gasteiger partial charge is 0.384 e. The van der Waals surface area contributed by atoms with Crippen molar-refractivity contribution in [1.29, 1.82) is 0 Å². The molecule has 7 rings (SSSR count). The number of amides is 1. The summed E-state index contributed by atoms with van der Waals surface area (Å²) in [5.41, 5.74) is 4.91. The first-order chi connectivity index (χ1) is 20.5. The van der Waals surface area contributed by atoms with Gasteiger partial charge in [0.05, 0.1) is 10.4 Å². The normalized spacial score (nSPS) is 23.0. The second kappa shape index (κ2) is 12.3. The molecule has 1 aliphatic carbocycles. The molecule has 1 aromatic heterocycles. The van der Waals surface area contributed by atoms with Crippen LogP contribution in [0.4, 0.5) is 5.69 Å². The van der Waals surface area contributed by atoms with Gasteiger partial charge in [0, 0.05) is 62.2 Å². The molecule has 1 amide bonds. The van der Waals surface area contributed by atoms with Crippen LogP contribution in [0.2, 0.25) is 0 Å². The van der Waals surface area contributed by atoms with E-state index in [1.54, 1.807) is 11.8 Å². The third-order valence-electron chi connectivity index (χ3n) is 9.58. The van der Waals surface area contributed by atoms with Crippen LogP contribution in [0.3, 0.4) is 0 Å². The first-order valence-corrected chi connectivity index (χ1v) is 18.9. The molecule has 8 heteroatoms. The minimum Gasteiger partial charge on any atom is -0.384 e. The summed E-state index contributed by atoms with van der Waals surface area (Å²) in [7, 11) is 0. The number of aliphatic hydroxyl groups is 1. The zero-order valence-corrected chi connectivity index (χ0v) is 26.8. The summed E-state index contributed by atoms with van der Waals surface area (Å²) >= 11 is 1.84. The van der Waals surface area contributed by atoms with Crippen LogP contribution in [-0.2, 0) is 11.2 Å². The van der Waals surface area contributed by atoms with E-state index in [4.69, 9.17) is 0 Å². The number of benzene rings is 2. The Bertz CT molecular complexity index is 1570. The number of nitrogens with zero attached hydrogens (tertiary/aromatic N) is 2. The number of carbonyl (C=O) groups is 2. The standard InChI is InChI=1S/C34H38IN3O3S/c39-31(32-9-12-35-21-42-32)16-23-3-1-22(2-4-23)15-24-19-37(20-24)33(40)27-6-8-30-26(18-27)11-14-38(30)34(41)28-5-7-29-25(17-28)10-13-36-29/h5-9,11,14,17-18,21-24,34,36,41H,1-4,10,12-13,15-16,19-20H2. The second-order valence-electron chi connectivity index (χ2n) is 12.4. The number of hydrogen-bond acceptors (Lipinski definition) is 5. The lowest BCUT2D eigenvalue weighted by Crippen LogP contribution is -2.50. The van der Waals surface area contributed by atoms with E-state index in [1.807, 2.05) is 52.1 Å². The highest BCUT2D eigenvalue weighted by Crippen LogP contribution is 2.38. The summed E-state index contributed by atoms with van der Waals surface area (Å²) in [6.45, 7) is 2.62. The average molecular weight is 696 g/mol. The zero-order valence-electron chi connectivity index (χ0n) is 23.8. The molecule has 1 saturated heterocycles. The quantitative estimate of drug-likeness (QED) is 0.202. The number of ketones is 1. The second-order valence-corrected chi connectivity index (χ2v) is 16.5. The smallest absolute Gasteiger partial charge is 0.253 e. The Morgan fingerprint density at radius 3 is 2.67 bits per heavy atom. The summed E-state index contributed by atoms with van der Waals surface area (Å²) < 4.78 is 5.26. The van der Waals surface area contributed by atoms with Crippen LogP contribution in [0.5, 0.6) is 0 Å². The van der Waals surface area contributed by atoms with E-state index in [9.17, 15) is 14.7 Å². The number of aromatic nitrogens is 1. The lowest BCUT2D eigenvalue weighted by molar-refractivity contribution is -0.116. The van der Waals surface area contributed by atoms with Crippen molar-refractivity contribution in [2.45, 2.75) is 51.2 Å². The van der Waals surface area contributed by atoms with Crippen LogP contribution < -0.4 is 5.32 Å². The molecule has 4 aliphatic rings. The lowest BCUT2D eigenvalue weighted by atomic mass is 9.75. The third kappa shape index (κ3) is 5.86. The van der Waals surface area contributed by atoms with Gasteiger partial charge in [-0.3, -0.25) is 9.59 Å². The Morgan fingerprint density at radius 2 is 1.86 bits per heavy atom. The molecular weight excluding hydrogens is 657 g/mol. The number of allylic oxidation sites excluding steroid dienone is 2. The molecule has 2 aromatic carbocycles. The van der Waals surface area contributed by atoms with Crippen molar-refractivity contribution in [1.82, 2.24) is 9.47 Å². The number of alkyl halides is 1. The fourth-order valence-electron chi connectivity index (χ4n) is 7.19. The highest BCUT2D eigenvalue weighted by Gasteiger charge is 2.34. The molecule has 1 unspecified atom stereocenters. The zero-order chi connectivity index (χ0) is 28.6. The molecule has 4 heterocycles. The fraction of sp³-hybridized carbons (Fsp3) is 0.441. The van der Waals surface area contributed by atoms with Crippen molar-refractivity contribution in [3.05, 3.63) is 76.3 Å². The maximum Gasteiger partial charge on any atom is 0.253 e. The average Bonchev–Trinajstić information content (AvgIpc) is 3.66. The Kier molecular flexibility index (Phi) is 8.29. The van der Waals surface area contributed by atoms with E-state index in [0.29, 0.717) is 23.2 Å². The summed E-state index contributed by atoms with van der Waals surface area (Å²) in [4.78, 5) is 28.9. The molecule has 1 atom stereocenters. The fourth-order valence-corrected chi connectivity index (χ4v) is 10.8. The number of likely N-dealkylation sites (tertiary alicyclic amines) is 1. The Morgan fingerprint density at radius 1 is 1.02 bits per heavy atom.